The lowest BCUT2D eigenvalue weighted by molar-refractivity contribution is 0.688. The number of nitrogens with zero attached hydrogens (tertiary/aromatic N) is 1. The molecule has 0 atom stereocenters. The summed E-state index contributed by atoms with van der Waals surface area (Å²) in [5, 5.41) is 16.0. The molecular weight excluding hydrogens is 222 g/mol. The average Bonchev–Trinajstić information content (AvgIpc) is 2.30. The van der Waals surface area contributed by atoms with Crippen LogP contribution in [0.1, 0.15) is 18.9 Å². The summed E-state index contributed by atoms with van der Waals surface area (Å²) in [6.07, 6.45) is 1.03. The van der Waals surface area contributed by atoms with E-state index in [-0.39, 0.29) is 0 Å². The topological polar surface area (TPSA) is 47.8 Å². The lowest BCUT2D eigenvalue weighted by Crippen LogP contribution is -2.17. The normalized spacial score (nSPS) is 9.81. The Balaban J connectivity index is 2.45. The van der Waals surface area contributed by atoms with Crippen LogP contribution >= 0.6 is 11.6 Å². The van der Waals surface area contributed by atoms with Gasteiger partial charge < -0.3 is 10.6 Å². The van der Waals surface area contributed by atoms with Crippen LogP contribution in [0.4, 0.5) is 5.69 Å². The van der Waals surface area contributed by atoms with Gasteiger partial charge in [-0.25, -0.2) is 0 Å². The summed E-state index contributed by atoms with van der Waals surface area (Å²) in [6, 6.07) is 7.43. The summed E-state index contributed by atoms with van der Waals surface area (Å²) in [7, 11) is 0. The second-order valence-electron chi connectivity index (χ2n) is 3.44. The van der Waals surface area contributed by atoms with Gasteiger partial charge in [-0.15, -0.1) is 0 Å². The van der Waals surface area contributed by atoms with Gasteiger partial charge in [0.05, 0.1) is 11.3 Å². The molecule has 4 heteroatoms. The lowest BCUT2D eigenvalue weighted by atomic mass is 10.2. The van der Waals surface area contributed by atoms with E-state index in [2.05, 4.69) is 23.6 Å². The van der Waals surface area contributed by atoms with E-state index in [1.807, 2.05) is 6.07 Å². The number of anilines is 1. The summed E-state index contributed by atoms with van der Waals surface area (Å²) in [5.41, 5.74) is 1.44. The molecule has 0 heterocycles. The van der Waals surface area contributed by atoms with Gasteiger partial charge in [0.2, 0.25) is 0 Å². The second-order valence-corrected chi connectivity index (χ2v) is 3.87. The summed E-state index contributed by atoms with van der Waals surface area (Å²) in [4.78, 5) is 0. The standard InChI is InChI=1S/C12H16ClN3/c1-2-15-6-3-7-16-12-5-4-11(13)8-10(12)9-14/h4-5,8,15-16H,2-3,6-7H2,1H3. The van der Waals surface area contributed by atoms with E-state index in [9.17, 15) is 0 Å². The van der Waals surface area contributed by atoms with Crippen LogP contribution in [-0.2, 0) is 0 Å². The Morgan fingerprint density at radius 2 is 2.19 bits per heavy atom. The molecule has 0 bridgehead atoms. The first-order valence-corrected chi connectivity index (χ1v) is 5.80. The second kappa shape index (κ2) is 7.10. The highest BCUT2D eigenvalue weighted by atomic mass is 35.5. The van der Waals surface area contributed by atoms with E-state index in [0.717, 1.165) is 31.7 Å². The van der Waals surface area contributed by atoms with Crippen molar-refractivity contribution in [2.45, 2.75) is 13.3 Å². The molecule has 0 aromatic heterocycles. The van der Waals surface area contributed by atoms with E-state index in [0.29, 0.717) is 10.6 Å². The zero-order valence-corrected chi connectivity index (χ0v) is 10.1. The Morgan fingerprint density at radius 1 is 1.38 bits per heavy atom. The minimum atomic E-state index is 0.592. The number of nitriles is 1. The van der Waals surface area contributed by atoms with E-state index in [1.165, 1.54) is 0 Å². The number of nitrogens with one attached hydrogen (secondary N) is 2. The van der Waals surface area contributed by atoms with Gasteiger partial charge in [0, 0.05) is 11.6 Å². The predicted octanol–water partition coefficient (Wildman–Crippen LogP) is 2.62. The Hall–Kier alpha value is -1.24. The van der Waals surface area contributed by atoms with Crippen LogP contribution in [0.5, 0.6) is 0 Å². The molecule has 0 aliphatic carbocycles. The zero-order chi connectivity index (χ0) is 11.8. The van der Waals surface area contributed by atoms with Crippen LogP contribution in [0.3, 0.4) is 0 Å². The molecule has 86 valence electrons. The average molecular weight is 238 g/mol. The van der Waals surface area contributed by atoms with Gasteiger partial charge in [-0.3, -0.25) is 0 Å². The highest BCUT2D eigenvalue weighted by Gasteiger charge is 2.01. The molecule has 1 rings (SSSR count). The summed E-state index contributed by atoms with van der Waals surface area (Å²) in [6.45, 7) is 4.91. The molecule has 0 aliphatic heterocycles. The van der Waals surface area contributed by atoms with Crippen LogP contribution in [0.2, 0.25) is 5.02 Å². The molecule has 0 unspecified atom stereocenters. The molecule has 0 spiro atoms. The molecule has 2 N–H and O–H groups in total. The molecule has 0 amide bonds. The summed E-state index contributed by atoms with van der Waals surface area (Å²) < 4.78 is 0. The lowest BCUT2D eigenvalue weighted by Gasteiger charge is -2.08. The highest BCUT2D eigenvalue weighted by molar-refractivity contribution is 6.30. The Morgan fingerprint density at radius 3 is 2.88 bits per heavy atom. The van der Waals surface area contributed by atoms with Crippen LogP contribution in [-0.4, -0.2) is 19.6 Å². The monoisotopic (exact) mass is 237 g/mol. The van der Waals surface area contributed by atoms with E-state index >= 15 is 0 Å². The van der Waals surface area contributed by atoms with Gasteiger partial charge in [-0.2, -0.15) is 5.26 Å². The minimum absolute atomic E-state index is 0.592. The number of hydrogen-bond acceptors (Lipinski definition) is 3. The third-order valence-corrected chi connectivity index (χ3v) is 2.43. The van der Waals surface area contributed by atoms with E-state index in [1.54, 1.807) is 12.1 Å². The first kappa shape index (κ1) is 12.8. The van der Waals surface area contributed by atoms with Gasteiger partial charge in [0.15, 0.2) is 0 Å². The van der Waals surface area contributed by atoms with Crippen molar-refractivity contribution in [3.05, 3.63) is 28.8 Å². The van der Waals surface area contributed by atoms with Gasteiger partial charge >= 0.3 is 0 Å². The Bertz CT molecular complexity index is 371. The maximum Gasteiger partial charge on any atom is 0.101 e. The van der Waals surface area contributed by atoms with Crippen LogP contribution in [0.25, 0.3) is 0 Å². The van der Waals surface area contributed by atoms with Crippen LogP contribution in [0.15, 0.2) is 18.2 Å². The third kappa shape index (κ3) is 4.09. The van der Waals surface area contributed by atoms with Crippen molar-refractivity contribution in [1.29, 1.82) is 5.26 Å². The van der Waals surface area contributed by atoms with Crippen molar-refractivity contribution < 1.29 is 0 Å². The summed E-state index contributed by atoms with van der Waals surface area (Å²) in [5.74, 6) is 0. The molecule has 0 saturated carbocycles. The zero-order valence-electron chi connectivity index (χ0n) is 9.39. The number of halogens is 1. The van der Waals surface area contributed by atoms with Gasteiger partial charge in [0.25, 0.3) is 0 Å². The highest BCUT2D eigenvalue weighted by Crippen LogP contribution is 2.19. The molecular formula is C12H16ClN3. The molecule has 3 nitrogen and oxygen atoms in total. The van der Waals surface area contributed by atoms with Crippen molar-refractivity contribution >= 4 is 17.3 Å². The first-order valence-electron chi connectivity index (χ1n) is 5.42. The van der Waals surface area contributed by atoms with Crippen molar-refractivity contribution in [2.24, 2.45) is 0 Å². The van der Waals surface area contributed by atoms with Crippen molar-refractivity contribution in [3.63, 3.8) is 0 Å². The van der Waals surface area contributed by atoms with Gasteiger partial charge in [-0.05, 0) is 37.7 Å². The summed E-state index contributed by atoms with van der Waals surface area (Å²) >= 11 is 5.81. The van der Waals surface area contributed by atoms with Crippen LogP contribution in [0, 0.1) is 11.3 Å². The fraction of sp³-hybridized carbons (Fsp3) is 0.417. The number of rotatable bonds is 6. The SMILES string of the molecule is CCNCCCNc1ccc(Cl)cc1C#N. The van der Waals surface area contributed by atoms with Crippen LogP contribution < -0.4 is 10.6 Å². The van der Waals surface area contributed by atoms with Crippen molar-refractivity contribution in [3.8, 4) is 6.07 Å². The molecule has 0 radical (unpaired) electrons. The molecule has 1 aromatic carbocycles. The predicted molar refractivity (Wildman–Crippen MR) is 67.8 cm³/mol. The number of benzene rings is 1. The van der Waals surface area contributed by atoms with Gasteiger partial charge in [-0.1, -0.05) is 18.5 Å². The van der Waals surface area contributed by atoms with E-state index in [4.69, 9.17) is 16.9 Å². The largest absolute Gasteiger partial charge is 0.384 e. The minimum Gasteiger partial charge on any atom is -0.384 e. The van der Waals surface area contributed by atoms with Crippen molar-refractivity contribution in [1.82, 2.24) is 5.32 Å². The van der Waals surface area contributed by atoms with E-state index < -0.39 is 0 Å². The molecule has 16 heavy (non-hydrogen) atoms. The van der Waals surface area contributed by atoms with Crippen molar-refractivity contribution in [2.75, 3.05) is 25.0 Å². The maximum absolute atomic E-state index is 8.92. The fourth-order valence-corrected chi connectivity index (χ4v) is 1.55. The maximum atomic E-state index is 8.92. The molecule has 0 saturated heterocycles. The third-order valence-electron chi connectivity index (χ3n) is 2.20. The first-order chi connectivity index (χ1) is 7.77. The fourth-order valence-electron chi connectivity index (χ4n) is 1.38. The smallest absolute Gasteiger partial charge is 0.101 e. The van der Waals surface area contributed by atoms with Gasteiger partial charge in [0.1, 0.15) is 6.07 Å². The quantitative estimate of drug-likeness (QED) is 0.748. The Kier molecular flexibility index (Phi) is 5.69. The number of hydrogen-bond donors (Lipinski definition) is 2. The Labute approximate surface area is 101 Å². The molecule has 0 aliphatic rings. The molecule has 0 fully saturated rings. The molecule has 1 aromatic rings.